The third kappa shape index (κ3) is 1.89. The fourth-order valence-electron chi connectivity index (χ4n) is 2.31. The molecule has 6 heteroatoms. The summed E-state index contributed by atoms with van der Waals surface area (Å²) in [7, 11) is 0. The van der Waals surface area contributed by atoms with Gasteiger partial charge in [0.05, 0.1) is 11.0 Å². The minimum absolute atomic E-state index is 0.0573. The largest absolute Gasteiger partial charge is 0.494 e. The summed E-state index contributed by atoms with van der Waals surface area (Å²) < 4.78 is 20.9. The summed E-state index contributed by atoms with van der Waals surface area (Å²) in [6.45, 7) is 0.663. The third-order valence-corrected chi connectivity index (χ3v) is 3.71. The molecular formula is C12H12BrFN2O2. The second-order valence-corrected chi connectivity index (χ2v) is 5.11. The van der Waals surface area contributed by atoms with Crippen LogP contribution in [0, 0.1) is 5.82 Å². The molecule has 2 aromatic rings. The monoisotopic (exact) mass is 314 g/mol. The summed E-state index contributed by atoms with van der Waals surface area (Å²) in [5.74, 6) is -0.389. The number of pyridine rings is 1. The molecule has 0 amide bonds. The van der Waals surface area contributed by atoms with Crippen molar-refractivity contribution in [3.05, 3.63) is 22.6 Å². The van der Waals surface area contributed by atoms with Crippen LogP contribution in [-0.4, -0.2) is 21.3 Å². The zero-order chi connectivity index (χ0) is 12.7. The zero-order valence-corrected chi connectivity index (χ0v) is 11.2. The topological polar surface area (TPSA) is 47.3 Å². The molecule has 0 aromatic carbocycles. The second-order valence-electron chi connectivity index (χ2n) is 4.36. The molecule has 0 saturated carbocycles. The second kappa shape index (κ2) is 4.51. The molecule has 1 aliphatic heterocycles. The van der Waals surface area contributed by atoms with E-state index in [-0.39, 0.29) is 16.7 Å². The number of fused-ring (bicyclic) bond motifs is 1. The first-order chi connectivity index (χ1) is 8.66. The predicted octanol–water partition coefficient (Wildman–Crippen LogP) is 3.34. The van der Waals surface area contributed by atoms with Crippen molar-refractivity contribution in [2.24, 2.45) is 0 Å². The van der Waals surface area contributed by atoms with E-state index in [1.54, 1.807) is 4.57 Å². The normalized spacial score (nSPS) is 20.4. The van der Waals surface area contributed by atoms with E-state index >= 15 is 0 Å². The molecule has 1 aliphatic rings. The Bertz CT molecular complexity index is 593. The van der Waals surface area contributed by atoms with Gasteiger partial charge in [-0.2, -0.15) is 0 Å². The van der Waals surface area contributed by atoms with E-state index in [9.17, 15) is 9.50 Å². The number of aromatic nitrogens is 2. The number of ether oxygens (including phenoxy) is 1. The lowest BCUT2D eigenvalue weighted by atomic mass is 10.2. The van der Waals surface area contributed by atoms with Crippen LogP contribution >= 0.6 is 15.9 Å². The van der Waals surface area contributed by atoms with Gasteiger partial charge in [-0.25, -0.2) is 9.37 Å². The maximum Gasteiger partial charge on any atom is 0.195 e. The smallest absolute Gasteiger partial charge is 0.195 e. The van der Waals surface area contributed by atoms with Crippen LogP contribution in [0.15, 0.2) is 16.7 Å². The first-order valence-corrected chi connectivity index (χ1v) is 6.63. The van der Waals surface area contributed by atoms with Crippen LogP contribution in [0.25, 0.3) is 11.0 Å². The van der Waals surface area contributed by atoms with Gasteiger partial charge in [0.2, 0.25) is 0 Å². The van der Waals surface area contributed by atoms with Crippen molar-refractivity contribution in [1.82, 2.24) is 9.55 Å². The molecule has 1 fully saturated rings. The van der Waals surface area contributed by atoms with Gasteiger partial charge in [0, 0.05) is 18.7 Å². The summed E-state index contributed by atoms with van der Waals surface area (Å²) in [5, 5.41) is 9.97. The number of halogens is 2. The Morgan fingerprint density at radius 1 is 1.44 bits per heavy atom. The van der Waals surface area contributed by atoms with E-state index in [1.165, 1.54) is 12.1 Å². The van der Waals surface area contributed by atoms with Crippen LogP contribution in [0.4, 0.5) is 4.39 Å². The SMILES string of the molecule is Oc1cc2nc(Br)c(F)cc2n1C1CCCCO1. The molecule has 1 N–H and O–H groups in total. The lowest BCUT2D eigenvalue weighted by molar-refractivity contribution is -0.0325. The molecule has 0 spiro atoms. The van der Waals surface area contributed by atoms with Gasteiger partial charge < -0.3 is 9.84 Å². The predicted molar refractivity (Wildman–Crippen MR) is 67.9 cm³/mol. The maximum absolute atomic E-state index is 13.6. The number of rotatable bonds is 1. The lowest BCUT2D eigenvalue weighted by Crippen LogP contribution is -2.17. The summed E-state index contributed by atoms with van der Waals surface area (Å²) in [4.78, 5) is 4.06. The van der Waals surface area contributed by atoms with E-state index in [4.69, 9.17) is 4.74 Å². The van der Waals surface area contributed by atoms with E-state index < -0.39 is 5.82 Å². The molecule has 0 radical (unpaired) electrons. The lowest BCUT2D eigenvalue weighted by Gasteiger charge is -2.25. The maximum atomic E-state index is 13.6. The van der Waals surface area contributed by atoms with Crippen molar-refractivity contribution in [2.75, 3.05) is 6.61 Å². The number of aromatic hydroxyl groups is 1. The van der Waals surface area contributed by atoms with Gasteiger partial charge in [-0.1, -0.05) is 0 Å². The van der Waals surface area contributed by atoms with Gasteiger partial charge >= 0.3 is 0 Å². The van der Waals surface area contributed by atoms with Crippen LogP contribution in [0.1, 0.15) is 25.5 Å². The van der Waals surface area contributed by atoms with Crippen molar-refractivity contribution >= 4 is 27.0 Å². The highest BCUT2D eigenvalue weighted by Gasteiger charge is 2.22. The molecule has 0 aliphatic carbocycles. The van der Waals surface area contributed by atoms with Gasteiger partial charge in [0.25, 0.3) is 0 Å². The van der Waals surface area contributed by atoms with Gasteiger partial charge in [0.15, 0.2) is 11.7 Å². The average molecular weight is 315 g/mol. The molecule has 0 bridgehead atoms. The van der Waals surface area contributed by atoms with Crippen LogP contribution in [0.2, 0.25) is 0 Å². The highest BCUT2D eigenvalue weighted by molar-refractivity contribution is 9.10. The Morgan fingerprint density at radius 3 is 3.00 bits per heavy atom. The van der Waals surface area contributed by atoms with Gasteiger partial charge in [-0.3, -0.25) is 4.57 Å². The first kappa shape index (κ1) is 11.9. The zero-order valence-electron chi connectivity index (χ0n) is 9.57. The minimum atomic E-state index is -0.447. The molecule has 96 valence electrons. The summed E-state index contributed by atoms with van der Waals surface area (Å²) in [6.07, 6.45) is 2.64. The van der Waals surface area contributed by atoms with E-state index in [0.717, 1.165) is 19.3 Å². The fourth-order valence-corrected chi connectivity index (χ4v) is 2.62. The number of hydrogen-bond donors (Lipinski definition) is 1. The Labute approximate surface area is 112 Å². The summed E-state index contributed by atoms with van der Waals surface area (Å²) in [6, 6.07) is 2.89. The summed E-state index contributed by atoms with van der Waals surface area (Å²) in [5.41, 5.74) is 1.11. The number of hydrogen-bond acceptors (Lipinski definition) is 3. The first-order valence-electron chi connectivity index (χ1n) is 5.84. The molecule has 3 rings (SSSR count). The highest BCUT2D eigenvalue weighted by atomic mass is 79.9. The Morgan fingerprint density at radius 2 is 2.28 bits per heavy atom. The Hall–Kier alpha value is -1.14. The highest BCUT2D eigenvalue weighted by Crippen LogP contribution is 2.34. The van der Waals surface area contributed by atoms with Crippen LogP contribution in [0.5, 0.6) is 5.88 Å². The standard InChI is InChI=1S/C12H12BrFN2O2/c13-12-7(14)5-9-8(15-12)6-10(17)16(9)11-3-1-2-4-18-11/h5-6,11,17H,1-4H2. The van der Waals surface area contributed by atoms with Gasteiger partial charge in [0.1, 0.15) is 10.8 Å². The average Bonchev–Trinajstić information content (AvgIpc) is 2.66. The minimum Gasteiger partial charge on any atom is -0.494 e. The molecule has 18 heavy (non-hydrogen) atoms. The van der Waals surface area contributed by atoms with Crippen molar-refractivity contribution in [2.45, 2.75) is 25.5 Å². The van der Waals surface area contributed by atoms with E-state index in [2.05, 4.69) is 20.9 Å². The van der Waals surface area contributed by atoms with Crippen molar-refractivity contribution in [3.8, 4) is 5.88 Å². The van der Waals surface area contributed by atoms with Crippen LogP contribution in [0.3, 0.4) is 0 Å². The Balaban J connectivity index is 2.15. The molecule has 1 atom stereocenters. The van der Waals surface area contributed by atoms with Gasteiger partial charge in [-0.05, 0) is 35.2 Å². The fraction of sp³-hybridized carbons (Fsp3) is 0.417. The molecule has 3 heterocycles. The molecular weight excluding hydrogens is 303 g/mol. The van der Waals surface area contributed by atoms with Crippen LogP contribution in [-0.2, 0) is 4.74 Å². The van der Waals surface area contributed by atoms with Crippen molar-refractivity contribution in [3.63, 3.8) is 0 Å². The quantitative estimate of drug-likeness (QED) is 0.821. The molecule has 2 aromatic heterocycles. The third-order valence-electron chi connectivity index (χ3n) is 3.16. The summed E-state index contributed by atoms with van der Waals surface area (Å²) >= 11 is 3.04. The van der Waals surface area contributed by atoms with Crippen molar-refractivity contribution < 1.29 is 14.2 Å². The molecule has 1 saturated heterocycles. The van der Waals surface area contributed by atoms with Gasteiger partial charge in [-0.15, -0.1) is 0 Å². The molecule has 1 unspecified atom stereocenters. The van der Waals surface area contributed by atoms with E-state index in [1.807, 2.05) is 0 Å². The van der Waals surface area contributed by atoms with Crippen LogP contribution < -0.4 is 0 Å². The van der Waals surface area contributed by atoms with Crippen molar-refractivity contribution in [1.29, 1.82) is 0 Å². The molecule has 4 nitrogen and oxygen atoms in total. The van der Waals surface area contributed by atoms with E-state index in [0.29, 0.717) is 17.6 Å². The Kier molecular flexibility index (Phi) is 2.99. The number of nitrogens with zero attached hydrogens (tertiary/aromatic N) is 2.